The van der Waals surface area contributed by atoms with Crippen molar-refractivity contribution in [3.63, 3.8) is 0 Å². The highest BCUT2D eigenvalue weighted by atomic mass is 16.2. The highest BCUT2D eigenvalue weighted by Gasteiger charge is 2.26. The van der Waals surface area contributed by atoms with E-state index in [0.29, 0.717) is 19.0 Å². The van der Waals surface area contributed by atoms with E-state index in [0.717, 1.165) is 5.69 Å². The molecule has 0 radical (unpaired) electrons. The van der Waals surface area contributed by atoms with Gasteiger partial charge in [-0.2, -0.15) is 0 Å². The third-order valence-corrected chi connectivity index (χ3v) is 2.79. The van der Waals surface area contributed by atoms with Gasteiger partial charge in [-0.3, -0.25) is 4.79 Å². The van der Waals surface area contributed by atoms with Gasteiger partial charge in [-0.25, -0.2) is 4.99 Å². The highest BCUT2D eigenvalue weighted by Crippen LogP contribution is 2.11. The Hall–Kier alpha value is -2.04. The van der Waals surface area contributed by atoms with E-state index in [2.05, 4.69) is 10.3 Å². The zero-order valence-electron chi connectivity index (χ0n) is 9.76. The molecule has 1 aliphatic heterocycles. The minimum Gasteiger partial charge on any atom is -0.369 e. The van der Waals surface area contributed by atoms with Gasteiger partial charge in [0.2, 0.25) is 5.91 Å². The van der Waals surface area contributed by atoms with E-state index >= 15 is 0 Å². The summed E-state index contributed by atoms with van der Waals surface area (Å²) in [6, 6.07) is 9.21. The number of nitrogens with one attached hydrogen (secondary N) is 1. The first-order valence-corrected chi connectivity index (χ1v) is 5.62. The molecule has 3 N–H and O–H groups in total. The van der Waals surface area contributed by atoms with E-state index in [-0.39, 0.29) is 11.9 Å². The quantitative estimate of drug-likeness (QED) is 0.545. The summed E-state index contributed by atoms with van der Waals surface area (Å²) in [5.41, 5.74) is 6.72. The number of aliphatic imine (C=N–C) groups is 1. The first-order chi connectivity index (χ1) is 8.18. The van der Waals surface area contributed by atoms with Crippen molar-refractivity contribution in [3.05, 3.63) is 30.3 Å². The van der Waals surface area contributed by atoms with Gasteiger partial charge in [0.05, 0.1) is 5.69 Å². The van der Waals surface area contributed by atoms with Crippen molar-refractivity contribution in [1.29, 1.82) is 0 Å². The lowest BCUT2D eigenvalue weighted by atomic mass is 10.2. The number of guanidine groups is 1. The second-order valence-electron chi connectivity index (χ2n) is 3.97. The van der Waals surface area contributed by atoms with Crippen molar-refractivity contribution in [2.24, 2.45) is 10.7 Å². The van der Waals surface area contributed by atoms with Crippen molar-refractivity contribution in [2.75, 3.05) is 13.1 Å². The van der Waals surface area contributed by atoms with Crippen LogP contribution in [0.25, 0.3) is 0 Å². The number of benzene rings is 1. The van der Waals surface area contributed by atoms with Crippen LogP contribution in [0.2, 0.25) is 0 Å². The van der Waals surface area contributed by atoms with Crippen molar-refractivity contribution in [1.82, 2.24) is 10.2 Å². The van der Waals surface area contributed by atoms with Gasteiger partial charge < -0.3 is 16.0 Å². The molecule has 0 bridgehead atoms. The highest BCUT2D eigenvalue weighted by molar-refractivity contribution is 5.90. The van der Waals surface area contributed by atoms with E-state index in [1.807, 2.05) is 42.2 Å². The number of hydrogen-bond acceptors (Lipinski definition) is 2. The Labute approximate surface area is 100 Å². The van der Waals surface area contributed by atoms with Gasteiger partial charge in [-0.1, -0.05) is 18.2 Å². The lowest BCUT2D eigenvalue weighted by Crippen LogP contribution is -2.57. The summed E-state index contributed by atoms with van der Waals surface area (Å²) in [5.74, 6) is 0.376. The number of nitrogens with zero attached hydrogens (tertiary/aromatic N) is 2. The molecule has 5 heteroatoms. The molecule has 1 amide bonds. The Bertz CT molecular complexity index is 429. The Morgan fingerprint density at radius 2 is 2.18 bits per heavy atom. The van der Waals surface area contributed by atoms with Crippen LogP contribution in [-0.4, -0.2) is 35.9 Å². The largest absolute Gasteiger partial charge is 0.369 e. The molecule has 2 rings (SSSR count). The molecule has 0 saturated carbocycles. The van der Waals surface area contributed by atoms with Crippen LogP contribution in [0.3, 0.4) is 0 Å². The molecule has 1 aromatic rings. The molecular formula is C12H16N4O. The summed E-state index contributed by atoms with van der Waals surface area (Å²) in [6.07, 6.45) is 0. The van der Waals surface area contributed by atoms with Gasteiger partial charge in [0.25, 0.3) is 0 Å². The number of para-hydroxylation sites is 1. The van der Waals surface area contributed by atoms with Gasteiger partial charge >= 0.3 is 0 Å². The maximum Gasteiger partial charge on any atom is 0.242 e. The van der Waals surface area contributed by atoms with Crippen LogP contribution in [0.5, 0.6) is 0 Å². The fourth-order valence-electron chi connectivity index (χ4n) is 1.79. The van der Waals surface area contributed by atoms with Gasteiger partial charge in [0.15, 0.2) is 5.96 Å². The van der Waals surface area contributed by atoms with E-state index in [1.54, 1.807) is 0 Å². The fraction of sp³-hybridized carbons (Fsp3) is 0.333. The summed E-state index contributed by atoms with van der Waals surface area (Å²) in [4.78, 5) is 17.6. The van der Waals surface area contributed by atoms with Crippen LogP contribution < -0.4 is 11.1 Å². The first-order valence-electron chi connectivity index (χ1n) is 5.62. The lowest BCUT2D eigenvalue weighted by molar-refractivity contribution is -0.126. The smallest absolute Gasteiger partial charge is 0.242 e. The molecule has 1 aliphatic rings. The second-order valence-corrected chi connectivity index (χ2v) is 3.97. The summed E-state index contributed by atoms with van der Waals surface area (Å²) in [6.45, 7) is 3.12. The van der Waals surface area contributed by atoms with Gasteiger partial charge in [-0.15, -0.1) is 0 Å². The Morgan fingerprint density at radius 1 is 1.47 bits per heavy atom. The number of hydrogen-bond donors (Lipinski definition) is 2. The number of nitrogens with two attached hydrogens (primary N) is 1. The third kappa shape index (κ3) is 2.55. The lowest BCUT2D eigenvalue weighted by Gasteiger charge is -2.33. The number of amides is 1. The summed E-state index contributed by atoms with van der Waals surface area (Å²) >= 11 is 0. The molecule has 1 aromatic carbocycles. The van der Waals surface area contributed by atoms with Gasteiger partial charge in [0, 0.05) is 13.1 Å². The van der Waals surface area contributed by atoms with E-state index in [1.165, 1.54) is 0 Å². The summed E-state index contributed by atoms with van der Waals surface area (Å²) < 4.78 is 0. The maximum atomic E-state index is 11.5. The van der Waals surface area contributed by atoms with Crippen LogP contribution in [-0.2, 0) is 4.79 Å². The number of rotatable bonds is 1. The minimum atomic E-state index is -0.267. The van der Waals surface area contributed by atoms with Gasteiger partial charge in [0.1, 0.15) is 6.04 Å². The predicted molar refractivity (Wildman–Crippen MR) is 66.9 cm³/mol. The molecule has 1 atom stereocenters. The van der Waals surface area contributed by atoms with E-state index < -0.39 is 0 Å². The van der Waals surface area contributed by atoms with Crippen molar-refractivity contribution in [3.8, 4) is 0 Å². The molecule has 1 unspecified atom stereocenters. The van der Waals surface area contributed by atoms with E-state index in [9.17, 15) is 4.79 Å². The molecule has 17 heavy (non-hydrogen) atoms. The molecular weight excluding hydrogens is 216 g/mol. The Morgan fingerprint density at radius 3 is 2.88 bits per heavy atom. The Balaban J connectivity index is 2.16. The number of carbonyl (C=O) groups excluding carboxylic acids is 1. The monoisotopic (exact) mass is 232 g/mol. The van der Waals surface area contributed by atoms with Crippen molar-refractivity contribution >= 4 is 17.6 Å². The van der Waals surface area contributed by atoms with Crippen LogP contribution in [0.1, 0.15) is 6.92 Å². The first kappa shape index (κ1) is 11.4. The minimum absolute atomic E-state index is 0.0116. The summed E-state index contributed by atoms with van der Waals surface area (Å²) in [7, 11) is 0. The third-order valence-electron chi connectivity index (χ3n) is 2.79. The molecule has 1 heterocycles. The SMILES string of the molecule is CC1C(=O)NCCN1C(N)=Nc1ccccc1. The second kappa shape index (κ2) is 4.86. The molecule has 0 aromatic heterocycles. The molecule has 5 nitrogen and oxygen atoms in total. The standard InChI is InChI=1S/C12H16N4O/c1-9-11(17)14-7-8-16(9)12(13)15-10-5-3-2-4-6-10/h2-6,9H,7-8H2,1H3,(H2,13,15)(H,14,17). The average molecular weight is 232 g/mol. The van der Waals surface area contributed by atoms with Crippen LogP contribution in [0.4, 0.5) is 5.69 Å². The van der Waals surface area contributed by atoms with Crippen LogP contribution >= 0.6 is 0 Å². The zero-order valence-corrected chi connectivity index (χ0v) is 9.76. The topological polar surface area (TPSA) is 70.7 Å². The molecule has 0 aliphatic carbocycles. The van der Waals surface area contributed by atoms with Crippen molar-refractivity contribution in [2.45, 2.75) is 13.0 Å². The summed E-state index contributed by atoms with van der Waals surface area (Å²) in [5, 5.41) is 2.79. The normalized spacial score (nSPS) is 21.2. The molecule has 90 valence electrons. The average Bonchev–Trinajstić information content (AvgIpc) is 2.34. The fourth-order valence-corrected chi connectivity index (χ4v) is 1.79. The molecule has 1 fully saturated rings. The zero-order chi connectivity index (χ0) is 12.3. The van der Waals surface area contributed by atoms with E-state index in [4.69, 9.17) is 5.73 Å². The maximum absolute atomic E-state index is 11.5. The molecule has 1 saturated heterocycles. The number of piperazine rings is 1. The predicted octanol–water partition coefficient (Wildman–Crippen LogP) is 0.453. The van der Waals surface area contributed by atoms with Crippen LogP contribution in [0.15, 0.2) is 35.3 Å². The molecule has 0 spiro atoms. The van der Waals surface area contributed by atoms with Crippen molar-refractivity contribution < 1.29 is 4.79 Å². The van der Waals surface area contributed by atoms with Crippen LogP contribution in [0, 0.1) is 0 Å². The number of carbonyl (C=O) groups is 1. The van der Waals surface area contributed by atoms with Gasteiger partial charge in [-0.05, 0) is 19.1 Å². The Kier molecular flexibility index (Phi) is 3.27.